The number of sulfonamides is 1. The number of halogens is 4. The summed E-state index contributed by atoms with van der Waals surface area (Å²) in [7, 11) is -3.64. The summed E-state index contributed by atoms with van der Waals surface area (Å²) >= 11 is 14.0. The molecule has 0 radical (unpaired) electrons. The molecule has 41 heavy (non-hydrogen) atoms. The summed E-state index contributed by atoms with van der Waals surface area (Å²) in [4.78, 5) is 16.3. The fraction of sp³-hybridized carbons (Fsp3) is 0.556. The molecule has 1 aromatic heterocycles. The molecule has 14 heteroatoms. The fourth-order valence-corrected chi connectivity index (χ4v) is 8.49. The third-order valence-corrected chi connectivity index (χ3v) is 10.9. The van der Waals surface area contributed by atoms with Crippen LogP contribution in [0.3, 0.4) is 0 Å². The van der Waals surface area contributed by atoms with Crippen LogP contribution in [0, 0.1) is 11.8 Å². The third-order valence-electron chi connectivity index (χ3n) is 6.92. The maximum Gasteiger partial charge on any atom is 0.387 e. The van der Waals surface area contributed by atoms with Crippen molar-refractivity contribution in [2.24, 2.45) is 11.8 Å². The number of thioether (sulfide) groups is 1. The summed E-state index contributed by atoms with van der Waals surface area (Å²) < 4.78 is 69.8. The predicted octanol–water partition coefficient (Wildman–Crippen LogP) is 5.78. The molecule has 0 bridgehead atoms. The van der Waals surface area contributed by atoms with Crippen LogP contribution in [0.4, 0.5) is 8.78 Å². The van der Waals surface area contributed by atoms with Crippen LogP contribution in [-0.4, -0.2) is 55.3 Å². The zero-order chi connectivity index (χ0) is 28.4. The zero-order valence-corrected chi connectivity index (χ0v) is 24.5. The summed E-state index contributed by atoms with van der Waals surface area (Å²) in [5, 5.41) is -0.422. The Hall–Kier alpha value is -1.86. The van der Waals surface area contributed by atoms with E-state index in [1.807, 2.05) is 0 Å². The number of nitrogens with zero attached hydrogens (tertiary/aromatic N) is 1. The smallest absolute Gasteiger partial charge is 0.387 e. The molecule has 1 aromatic carbocycles. The topological polar surface area (TPSA) is 96.3 Å². The molecule has 1 aliphatic heterocycles. The minimum atomic E-state index is -3.64. The van der Waals surface area contributed by atoms with Crippen molar-refractivity contribution in [2.75, 3.05) is 24.7 Å². The molecule has 2 atom stereocenters. The van der Waals surface area contributed by atoms with Crippen LogP contribution in [0.5, 0.6) is 11.5 Å². The number of pyridine rings is 1. The van der Waals surface area contributed by atoms with Gasteiger partial charge in [-0.15, -0.1) is 11.8 Å². The number of aromatic amines is 1. The number of benzene rings is 1. The second kappa shape index (κ2) is 13.6. The van der Waals surface area contributed by atoms with E-state index >= 15 is 0 Å². The van der Waals surface area contributed by atoms with Crippen molar-refractivity contribution in [1.82, 2.24) is 4.31 Å². The molecule has 2 saturated carbocycles. The highest BCUT2D eigenvalue weighted by molar-refractivity contribution is 8.02. The minimum absolute atomic E-state index is 0. The van der Waals surface area contributed by atoms with Crippen LogP contribution in [-0.2, 0) is 26.0 Å². The average Bonchev–Trinajstić information content (AvgIpc) is 3.83. The van der Waals surface area contributed by atoms with Gasteiger partial charge in [-0.2, -0.15) is 13.1 Å². The van der Waals surface area contributed by atoms with Crippen molar-refractivity contribution in [2.45, 2.75) is 57.6 Å². The van der Waals surface area contributed by atoms with Crippen molar-refractivity contribution < 1.29 is 41.2 Å². The Balaban J connectivity index is 0.00000387. The Labute approximate surface area is 253 Å². The second-order valence-corrected chi connectivity index (χ2v) is 14.1. The highest BCUT2D eigenvalue weighted by Crippen LogP contribution is 2.39. The first-order valence-corrected chi connectivity index (χ1v) is 16.4. The normalized spacial score (nSPS) is 20.0. The van der Waals surface area contributed by atoms with E-state index in [1.165, 1.54) is 46.7 Å². The molecule has 2 aliphatic carbocycles. The van der Waals surface area contributed by atoms with Gasteiger partial charge in [0.15, 0.2) is 29.3 Å². The molecule has 226 valence electrons. The van der Waals surface area contributed by atoms with Crippen molar-refractivity contribution in [1.29, 1.82) is 0 Å². The lowest BCUT2D eigenvalue weighted by atomic mass is 10.0. The van der Waals surface area contributed by atoms with Gasteiger partial charge in [0, 0.05) is 24.3 Å². The first-order valence-electron chi connectivity index (χ1n) is 13.0. The van der Waals surface area contributed by atoms with Crippen LogP contribution in [0.25, 0.3) is 0 Å². The number of esters is 1. The first kappa shape index (κ1) is 32.1. The maximum absolute atomic E-state index is 13.5. The van der Waals surface area contributed by atoms with Crippen LogP contribution in [0.1, 0.15) is 50.3 Å². The average molecular weight is 655 g/mol. The van der Waals surface area contributed by atoms with Crippen LogP contribution >= 0.6 is 35.0 Å². The van der Waals surface area contributed by atoms with E-state index in [0.717, 1.165) is 25.7 Å². The van der Waals surface area contributed by atoms with Gasteiger partial charge in [-0.25, -0.2) is 18.2 Å². The van der Waals surface area contributed by atoms with Gasteiger partial charge >= 0.3 is 12.6 Å². The van der Waals surface area contributed by atoms with Gasteiger partial charge in [0.1, 0.15) is 16.1 Å². The number of hydrogen-bond donors (Lipinski definition) is 0. The van der Waals surface area contributed by atoms with Gasteiger partial charge in [-0.05, 0) is 55.2 Å². The highest BCUT2D eigenvalue weighted by Gasteiger charge is 2.43. The van der Waals surface area contributed by atoms with Gasteiger partial charge in [-0.1, -0.05) is 36.7 Å². The number of nitrogens with one attached hydrogen (secondary N) is 1. The Morgan fingerprint density at radius 1 is 1.10 bits per heavy atom. The quantitative estimate of drug-likeness (QED) is 0.253. The molecular formula is C27H33Cl2F2N2O6S2+. The Kier molecular flexibility index (Phi) is 10.7. The molecule has 1 saturated heterocycles. The lowest BCUT2D eigenvalue weighted by Gasteiger charge is -2.26. The van der Waals surface area contributed by atoms with E-state index in [2.05, 4.69) is 9.72 Å². The number of alkyl halides is 2. The lowest BCUT2D eigenvalue weighted by Crippen LogP contribution is -2.42. The van der Waals surface area contributed by atoms with Crippen LogP contribution in [0.15, 0.2) is 30.6 Å². The maximum atomic E-state index is 13.5. The van der Waals surface area contributed by atoms with E-state index in [1.54, 1.807) is 0 Å². The number of aromatic nitrogens is 1. The fourth-order valence-electron chi connectivity index (χ4n) is 4.41. The number of ether oxygens (including phenoxy) is 3. The first-order chi connectivity index (χ1) is 19.1. The predicted molar refractivity (Wildman–Crippen MR) is 153 cm³/mol. The molecule has 1 N–H and O–H groups in total. The van der Waals surface area contributed by atoms with Crippen molar-refractivity contribution >= 4 is 51.0 Å². The third kappa shape index (κ3) is 8.37. The minimum Gasteiger partial charge on any atom is -0.489 e. The highest BCUT2D eigenvalue weighted by atomic mass is 35.5. The molecule has 0 spiro atoms. The van der Waals surface area contributed by atoms with Gasteiger partial charge in [-0.3, -0.25) is 0 Å². The van der Waals surface area contributed by atoms with Crippen molar-refractivity contribution in [3.63, 3.8) is 0 Å². The van der Waals surface area contributed by atoms with Crippen molar-refractivity contribution in [3.05, 3.63) is 51.8 Å². The van der Waals surface area contributed by atoms with Gasteiger partial charge < -0.3 is 14.2 Å². The number of carbonyl (C=O) groups is 1. The summed E-state index contributed by atoms with van der Waals surface area (Å²) in [6.45, 7) is -2.50. The number of hydrogen-bond acceptors (Lipinski definition) is 7. The second-order valence-electron chi connectivity index (χ2n) is 10.2. The molecule has 2 heterocycles. The Morgan fingerprint density at radius 2 is 1.78 bits per heavy atom. The number of H-pyrrole nitrogens is 1. The Morgan fingerprint density at radius 3 is 2.41 bits per heavy atom. The van der Waals surface area contributed by atoms with Crippen LogP contribution in [0.2, 0.25) is 10.0 Å². The molecular weight excluding hydrogens is 621 g/mol. The van der Waals surface area contributed by atoms with E-state index in [0.29, 0.717) is 39.4 Å². The van der Waals surface area contributed by atoms with E-state index in [9.17, 15) is 22.0 Å². The molecule has 0 amide bonds. The number of rotatable bonds is 13. The van der Waals surface area contributed by atoms with Gasteiger partial charge in [0.2, 0.25) is 10.0 Å². The van der Waals surface area contributed by atoms with E-state index in [4.69, 9.17) is 32.7 Å². The van der Waals surface area contributed by atoms with E-state index < -0.39 is 34.1 Å². The molecule has 5 rings (SSSR count). The van der Waals surface area contributed by atoms with Gasteiger partial charge in [0.05, 0.1) is 12.4 Å². The molecule has 1 unspecified atom stereocenters. The molecule has 3 aliphatic rings. The van der Waals surface area contributed by atoms with Crippen LogP contribution < -0.4 is 14.5 Å². The summed E-state index contributed by atoms with van der Waals surface area (Å²) in [5.74, 6) is 0.167. The van der Waals surface area contributed by atoms with Gasteiger partial charge in [0.25, 0.3) is 0 Å². The summed E-state index contributed by atoms with van der Waals surface area (Å²) in [6, 6.07) is 4.33. The Bertz CT molecular complexity index is 1320. The summed E-state index contributed by atoms with van der Waals surface area (Å²) in [6.07, 6.45) is 5.84. The summed E-state index contributed by atoms with van der Waals surface area (Å²) in [5.41, 5.74) is 0.918. The monoisotopic (exact) mass is 653 g/mol. The number of carbonyl (C=O) groups excluding carboxylic acids is 1. The lowest BCUT2D eigenvalue weighted by molar-refractivity contribution is -0.377. The SMILES string of the molecule is C.O=C(O[C@@H](Cc1c(Cl)c[nH+]cc1Cl)c1ccc(OC(F)F)c(OCC2CC2)c1)C1SCCN1S(=O)(=O)CC1CC1. The standard InChI is InChI=1S/C26H28Cl2F2N2O6S2.CH4/c27-19-11-31-12-20(28)18(19)10-22(17-5-6-21(38-26(29)30)23(9-17)36-13-15-1-2-15)37-25(33)24-32(7-8-39-24)40(34,35)14-16-3-4-16;/h5-6,9,11-12,15-16,22,24,26H,1-4,7-8,10,13-14H2;1H4/p+1/t22-,24?;/m0./s1. The van der Waals surface area contributed by atoms with Crippen molar-refractivity contribution in [3.8, 4) is 11.5 Å². The zero-order valence-electron chi connectivity index (χ0n) is 21.4. The molecule has 2 aromatic rings. The molecule has 3 fully saturated rings. The largest absolute Gasteiger partial charge is 0.489 e. The molecule has 8 nitrogen and oxygen atoms in total. The van der Waals surface area contributed by atoms with E-state index in [-0.39, 0.29) is 43.6 Å².